The van der Waals surface area contributed by atoms with Crippen molar-refractivity contribution in [1.82, 2.24) is 5.32 Å². The molecule has 392 valence electrons. The lowest BCUT2D eigenvalue weighted by Gasteiger charge is -2.22. The van der Waals surface area contributed by atoms with Gasteiger partial charge in [0.2, 0.25) is 5.91 Å². The highest BCUT2D eigenvalue weighted by molar-refractivity contribution is 5.76. The number of esters is 1. The molecule has 0 radical (unpaired) electrons. The molecular formula is C60H117NO5. The fraction of sp³-hybridized carbons (Fsp3) is 0.933. The number of amides is 1. The van der Waals surface area contributed by atoms with Gasteiger partial charge in [0.15, 0.2) is 0 Å². The van der Waals surface area contributed by atoms with Gasteiger partial charge in [-0.05, 0) is 51.4 Å². The predicted molar refractivity (Wildman–Crippen MR) is 287 cm³/mol. The maximum atomic E-state index is 12.4. The molecule has 0 aliphatic carbocycles. The monoisotopic (exact) mass is 932 g/mol. The summed E-state index contributed by atoms with van der Waals surface area (Å²) >= 11 is 0. The van der Waals surface area contributed by atoms with Crippen molar-refractivity contribution in [3.8, 4) is 0 Å². The highest BCUT2D eigenvalue weighted by atomic mass is 16.5. The second-order valence-electron chi connectivity index (χ2n) is 20.7. The van der Waals surface area contributed by atoms with Gasteiger partial charge in [0.05, 0.1) is 25.4 Å². The Morgan fingerprint density at radius 3 is 1.08 bits per heavy atom. The molecule has 0 bridgehead atoms. The molecule has 3 N–H and O–H groups in total. The first kappa shape index (κ1) is 64.6. The van der Waals surface area contributed by atoms with Gasteiger partial charge in [-0.15, -0.1) is 0 Å². The molecule has 2 unspecified atom stereocenters. The van der Waals surface area contributed by atoms with Crippen molar-refractivity contribution in [2.45, 2.75) is 347 Å². The van der Waals surface area contributed by atoms with Crippen molar-refractivity contribution in [3.05, 3.63) is 12.2 Å². The Hall–Kier alpha value is -1.40. The molecule has 2 atom stereocenters. The predicted octanol–water partition coefficient (Wildman–Crippen LogP) is 18.5. The molecule has 0 saturated heterocycles. The Labute approximate surface area is 412 Å². The summed E-state index contributed by atoms with van der Waals surface area (Å²) in [6, 6.07) is -0.544. The topological polar surface area (TPSA) is 95.9 Å². The van der Waals surface area contributed by atoms with Crippen molar-refractivity contribution in [2.75, 3.05) is 13.2 Å². The zero-order valence-corrected chi connectivity index (χ0v) is 44.7. The van der Waals surface area contributed by atoms with Crippen LogP contribution < -0.4 is 5.32 Å². The molecule has 6 heteroatoms. The average molecular weight is 933 g/mol. The third kappa shape index (κ3) is 52.0. The standard InChI is InChI=1S/C60H117NO5/c1-3-5-7-9-11-13-15-16-26-30-34-38-42-46-50-54-60(65)66-55-51-47-43-39-35-31-28-25-23-21-19-17-18-20-22-24-27-29-33-37-41-45-49-53-59(64)61-57(56-62)58(63)52-48-44-40-36-32-14-12-10-8-6-4-2/h20,22,57-58,62-63H,3-19,21,23-56H2,1-2H3,(H,61,64)/b22-20-. The van der Waals surface area contributed by atoms with Crippen LogP contribution in [-0.4, -0.2) is 47.4 Å². The molecule has 0 aromatic heterocycles. The van der Waals surface area contributed by atoms with E-state index >= 15 is 0 Å². The first-order valence-corrected chi connectivity index (χ1v) is 29.9. The lowest BCUT2D eigenvalue weighted by atomic mass is 10.0. The summed E-state index contributed by atoms with van der Waals surface area (Å²) < 4.78 is 5.49. The highest BCUT2D eigenvalue weighted by Crippen LogP contribution is 2.17. The molecule has 0 aliphatic rings. The number of ether oxygens (including phenoxy) is 1. The van der Waals surface area contributed by atoms with Gasteiger partial charge in [0, 0.05) is 12.8 Å². The third-order valence-electron chi connectivity index (χ3n) is 14.1. The third-order valence-corrected chi connectivity index (χ3v) is 14.1. The molecular weight excluding hydrogens is 815 g/mol. The van der Waals surface area contributed by atoms with Crippen LogP contribution in [0.5, 0.6) is 0 Å². The molecule has 0 rings (SSSR count). The minimum absolute atomic E-state index is 0.0148. The Kier molecular flexibility index (Phi) is 55.0. The SMILES string of the molecule is CCCCCCCCCCCCCCCCCC(=O)OCCCCCCCCCCCCCC/C=C\CCCCCCCCCC(=O)NC(CO)C(O)CCCCCCCCCCCCC. The number of hydrogen-bond donors (Lipinski definition) is 3. The smallest absolute Gasteiger partial charge is 0.305 e. The number of nitrogens with one attached hydrogen (secondary N) is 1. The minimum Gasteiger partial charge on any atom is -0.466 e. The molecule has 1 amide bonds. The molecule has 0 fully saturated rings. The van der Waals surface area contributed by atoms with Crippen LogP contribution in [0, 0.1) is 0 Å². The van der Waals surface area contributed by atoms with E-state index in [2.05, 4.69) is 31.3 Å². The average Bonchev–Trinajstić information content (AvgIpc) is 3.32. The zero-order valence-electron chi connectivity index (χ0n) is 44.7. The summed E-state index contributed by atoms with van der Waals surface area (Å²) in [6.07, 6.45) is 66.5. The quantitative estimate of drug-likeness (QED) is 0.0321. The molecule has 66 heavy (non-hydrogen) atoms. The number of unbranched alkanes of at least 4 members (excludes halogenated alkanes) is 43. The second kappa shape index (κ2) is 56.2. The normalized spacial score (nSPS) is 12.6. The lowest BCUT2D eigenvalue weighted by Crippen LogP contribution is -2.45. The van der Waals surface area contributed by atoms with E-state index in [9.17, 15) is 19.8 Å². The summed E-state index contributed by atoms with van der Waals surface area (Å²) in [7, 11) is 0. The summed E-state index contributed by atoms with van der Waals surface area (Å²) in [6.45, 7) is 4.96. The molecule has 0 saturated carbocycles. The van der Waals surface area contributed by atoms with E-state index in [1.165, 1.54) is 263 Å². The molecule has 0 heterocycles. The molecule has 6 nitrogen and oxygen atoms in total. The van der Waals surface area contributed by atoms with Crippen LogP contribution in [0.1, 0.15) is 335 Å². The fourth-order valence-electron chi connectivity index (χ4n) is 9.46. The van der Waals surface area contributed by atoms with Crippen molar-refractivity contribution >= 4 is 11.9 Å². The van der Waals surface area contributed by atoms with Crippen molar-refractivity contribution in [3.63, 3.8) is 0 Å². The van der Waals surface area contributed by atoms with Crippen LogP contribution >= 0.6 is 0 Å². The van der Waals surface area contributed by atoms with Gasteiger partial charge in [0.1, 0.15) is 0 Å². The zero-order chi connectivity index (χ0) is 47.9. The Morgan fingerprint density at radius 1 is 0.409 bits per heavy atom. The summed E-state index contributed by atoms with van der Waals surface area (Å²) in [5.74, 6) is -0.0263. The highest BCUT2D eigenvalue weighted by Gasteiger charge is 2.20. The Morgan fingerprint density at radius 2 is 0.712 bits per heavy atom. The number of carbonyl (C=O) groups is 2. The summed E-state index contributed by atoms with van der Waals surface area (Å²) in [5, 5.41) is 23.2. The first-order chi connectivity index (χ1) is 32.5. The van der Waals surface area contributed by atoms with Gasteiger partial charge in [-0.2, -0.15) is 0 Å². The Balaban J connectivity index is 3.37. The molecule has 0 aromatic rings. The van der Waals surface area contributed by atoms with Crippen LogP contribution in [-0.2, 0) is 14.3 Å². The second-order valence-corrected chi connectivity index (χ2v) is 20.7. The van der Waals surface area contributed by atoms with Gasteiger partial charge in [-0.3, -0.25) is 9.59 Å². The van der Waals surface area contributed by atoms with Gasteiger partial charge in [0.25, 0.3) is 0 Å². The van der Waals surface area contributed by atoms with Crippen LogP contribution in [0.3, 0.4) is 0 Å². The van der Waals surface area contributed by atoms with Crippen LogP contribution in [0.25, 0.3) is 0 Å². The largest absolute Gasteiger partial charge is 0.466 e. The summed E-state index contributed by atoms with van der Waals surface area (Å²) in [5.41, 5.74) is 0. The van der Waals surface area contributed by atoms with Gasteiger partial charge in [-0.1, -0.05) is 283 Å². The Bertz CT molecular complexity index is 986. The number of rotatable bonds is 56. The van der Waals surface area contributed by atoms with Gasteiger partial charge in [-0.25, -0.2) is 0 Å². The fourth-order valence-corrected chi connectivity index (χ4v) is 9.46. The first-order valence-electron chi connectivity index (χ1n) is 29.9. The number of allylic oxidation sites excluding steroid dienone is 2. The van der Waals surface area contributed by atoms with Crippen molar-refractivity contribution in [1.29, 1.82) is 0 Å². The van der Waals surface area contributed by atoms with Crippen LogP contribution in [0.2, 0.25) is 0 Å². The van der Waals surface area contributed by atoms with Gasteiger partial charge >= 0.3 is 5.97 Å². The van der Waals surface area contributed by atoms with E-state index in [4.69, 9.17) is 4.74 Å². The number of aliphatic hydroxyl groups excluding tert-OH is 2. The summed E-state index contributed by atoms with van der Waals surface area (Å²) in [4.78, 5) is 24.5. The van der Waals surface area contributed by atoms with E-state index in [0.717, 1.165) is 38.5 Å². The van der Waals surface area contributed by atoms with E-state index < -0.39 is 12.1 Å². The van der Waals surface area contributed by atoms with E-state index in [-0.39, 0.29) is 18.5 Å². The molecule has 0 aliphatic heterocycles. The number of carbonyl (C=O) groups excluding carboxylic acids is 2. The van der Waals surface area contributed by atoms with Crippen molar-refractivity contribution in [2.24, 2.45) is 0 Å². The van der Waals surface area contributed by atoms with Crippen molar-refractivity contribution < 1.29 is 24.5 Å². The van der Waals surface area contributed by atoms with Gasteiger partial charge < -0.3 is 20.3 Å². The minimum atomic E-state index is -0.666. The van der Waals surface area contributed by atoms with Crippen LogP contribution in [0.4, 0.5) is 0 Å². The van der Waals surface area contributed by atoms with Crippen LogP contribution in [0.15, 0.2) is 12.2 Å². The number of hydrogen-bond acceptors (Lipinski definition) is 5. The van der Waals surface area contributed by atoms with E-state index in [0.29, 0.717) is 25.9 Å². The number of aliphatic hydroxyl groups is 2. The van der Waals surface area contributed by atoms with E-state index in [1.807, 2.05) is 0 Å². The molecule has 0 spiro atoms. The maximum absolute atomic E-state index is 12.4. The lowest BCUT2D eigenvalue weighted by molar-refractivity contribution is -0.143. The van der Waals surface area contributed by atoms with E-state index in [1.54, 1.807) is 0 Å². The maximum Gasteiger partial charge on any atom is 0.305 e. The molecule has 0 aromatic carbocycles.